The van der Waals surface area contributed by atoms with Gasteiger partial charge in [0.05, 0.1) is 26.0 Å². The van der Waals surface area contributed by atoms with Gasteiger partial charge in [0.15, 0.2) is 0 Å². The molecule has 6 nitrogen and oxygen atoms in total. The van der Waals surface area contributed by atoms with Crippen molar-refractivity contribution >= 4 is 12.1 Å². The second-order valence-corrected chi connectivity index (χ2v) is 4.33. The number of methoxy groups -OCH3 is 2. The lowest BCUT2D eigenvalue weighted by atomic mass is 10.2. The fraction of sp³-hybridized carbons (Fsp3) is 0.125. The van der Waals surface area contributed by atoms with E-state index in [4.69, 9.17) is 9.47 Å². The summed E-state index contributed by atoms with van der Waals surface area (Å²) in [6.45, 7) is 0. The van der Waals surface area contributed by atoms with Crippen LogP contribution in [0.4, 0.5) is 0 Å². The molecule has 0 aliphatic heterocycles. The number of hydrazone groups is 1. The van der Waals surface area contributed by atoms with Crippen molar-refractivity contribution in [3.8, 4) is 17.2 Å². The van der Waals surface area contributed by atoms with E-state index in [-0.39, 0.29) is 11.7 Å². The molecule has 0 unspecified atom stereocenters. The first-order valence-electron chi connectivity index (χ1n) is 6.49. The molecule has 1 amide bonds. The normalized spacial score (nSPS) is 10.5. The predicted molar refractivity (Wildman–Crippen MR) is 82.7 cm³/mol. The smallest absolute Gasteiger partial charge is 0.275 e. The number of para-hydroxylation sites is 1. The topological polar surface area (TPSA) is 80.2 Å². The number of benzene rings is 2. The van der Waals surface area contributed by atoms with Crippen LogP contribution < -0.4 is 14.9 Å². The molecule has 114 valence electrons. The van der Waals surface area contributed by atoms with Gasteiger partial charge in [-0.25, -0.2) is 5.43 Å². The molecule has 6 heteroatoms. The number of amides is 1. The summed E-state index contributed by atoms with van der Waals surface area (Å²) in [4.78, 5) is 12.0. The van der Waals surface area contributed by atoms with Crippen LogP contribution in [0.1, 0.15) is 15.9 Å². The average Bonchev–Trinajstić information content (AvgIpc) is 2.55. The Balaban J connectivity index is 2.11. The molecule has 0 fully saturated rings. The third kappa shape index (κ3) is 3.54. The van der Waals surface area contributed by atoms with Crippen molar-refractivity contribution in [3.63, 3.8) is 0 Å². The molecule has 0 aliphatic carbocycles. The molecule has 0 aliphatic rings. The van der Waals surface area contributed by atoms with Crippen LogP contribution in [0.3, 0.4) is 0 Å². The summed E-state index contributed by atoms with van der Waals surface area (Å²) in [6, 6.07) is 11.5. The Morgan fingerprint density at radius 2 is 1.86 bits per heavy atom. The van der Waals surface area contributed by atoms with Gasteiger partial charge in [-0.2, -0.15) is 5.10 Å². The summed E-state index contributed by atoms with van der Waals surface area (Å²) in [5.41, 5.74) is 3.43. The van der Waals surface area contributed by atoms with E-state index in [0.717, 1.165) is 0 Å². The van der Waals surface area contributed by atoms with Crippen LogP contribution in [0.15, 0.2) is 47.6 Å². The summed E-state index contributed by atoms with van der Waals surface area (Å²) < 4.78 is 10.2. The number of nitrogens with zero attached hydrogens (tertiary/aromatic N) is 1. The number of hydrogen-bond acceptors (Lipinski definition) is 5. The molecular weight excluding hydrogens is 284 g/mol. The highest BCUT2D eigenvalue weighted by Crippen LogP contribution is 2.22. The summed E-state index contributed by atoms with van der Waals surface area (Å²) in [5, 5.41) is 13.3. The van der Waals surface area contributed by atoms with E-state index in [1.807, 2.05) is 0 Å². The number of aromatic hydroxyl groups is 1. The molecule has 0 aromatic heterocycles. The maximum absolute atomic E-state index is 12.0. The number of carbonyl (C=O) groups is 1. The van der Waals surface area contributed by atoms with Crippen molar-refractivity contribution in [2.24, 2.45) is 5.10 Å². The van der Waals surface area contributed by atoms with Crippen molar-refractivity contribution < 1.29 is 19.4 Å². The Labute approximate surface area is 128 Å². The molecule has 0 saturated heterocycles. The Hall–Kier alpha value is -3.02. The molecule has 2 N–H and O–H groups in total. The molecule has 2 aromatic rings. The predicted octanol–water partition coefficient (Wildman–Crippen LogP) is 2.17. The number of carbonyl (C=O) groups excluding carboxylic acids is 1. The van der Waals surface area contributed by atoms with Gasteiger partial charge in [0.1, 0.15) is 17.2 Å². The quantitative estimate of drug-likeness (QED) is 0.655. The molecule has 2 rings (SSSR count). The number of nitrogens with one attached hydrogen (secondary N) is 1. The van der Waals surface area contributed by atoms with Crippen LogP contribution >= 0.6 is 0 Å². The van der Waals surface area contributed by atoms with Gasteiger partial charge in [-0.05, 0) is 24.3 Å². The van der Waals surface area contributed by atoms with Gasteiger partial charge in [0.2, 0.25) is 0 Å². The third-order valence-corrected chi connectivity index (χ3v) is 2.94. The second-order valence-electron chi connectivity index (χ2n) is 4.33. The van der Waals surface area contributed by atoms with Crippen LogP contribution in [-0.2, 0) is 0 Å². The highest BCUT2D eigenvalue weighted by atomic mass is 16.5. The highest BCUT2D eigenvalue weighted by molar-refractivity contribution is 5.97. The average molecular weight is 300 g/mol. The van der Waals surface area contributed by atoms with Gasteiger partial charge < -0.3 is 14.6 Å². The van der Waals surface area contributed by atoms with Gasteiger partial charge in [0, 0.05) is 11.6 Å². The largest absolute Gasteiger partial charge is 0.508 e. The van der Waals surface area contributed by atoms with E-state index in [1.165, 1.54) is 32.6 Å². The second kappa shape index (κ2) is 7.12. The first-order valence-corrected chi connectivity index (χ1v) is 6.49. The van der Waals surface area contributed by atoms with E-state index >= 15 is 0 Å². The van der Waals surface area contributed by atoms with Crippen molar-refractivity contribution in [1.82, 2.24) is 5.43 Å². The molecule has 0 atom stereocenters. The number of hydrogen-bond donors (Lipinski definition) is 2. The molecule has 0 bridgehead atoms. The van der Waals surface area contributed by atoms with E-state index in [2.05, 4.69) is 10.5 Å². The first-order chi connectivity index (χ1) is 10.7. The van der Waals surface area contributed by atoms with Gasteiger partial charge >= 0.3 is 0 Å². The molecule has 0 saturated carbocycles. The lowest BCUT2D eigenvalue weighted by molar-refractivity contribution is 0.0952. The van der Waals surface area contributed by atoms with Crippen LogP contribution in [-0.4, -0.2) is 31.4 Å². The minimum atomic E-state index is -0.383. The Morgan fingerprint density at radius 3 is 2.59 bits per heavy atom. The maximum atomic E-state index is 12.0. The van der Waals surface area contributed by atoms with E-state index in [1.54, 1.807) is 30.3 Å². The summed E-state index contributed by atoms with van der Waals surface area (Å²) >= 11 is 0. The lowest BCUT2D eigenvalue weighted by Crippen LogP contribution is -2.18. The molecule has 2 aromatic carbocycles. The van der Waals surface area contributed by atoms with E-state index in [0.29, 0.717) is 22.6 Å². The number of phenolic OH excluding ortho intramolecular Hbond substituents is 1. The van der Waals surface area contributed by atoms with Crippen LogP contribution in [0.2, 0.25) is 0 Å². The number of phenols is 1. The lowest BCUT2D eigenvalue weighted by Gasteiger charge is -2.07. The number of rotatable bonds is 5. The van der Waals surface area contributed by atoms with E-state index < -0.39 is 0 Å². The van der Waals surface area contributed by atoms with Crippen LogP contribution in [0.5, 0.6) is 17.2 Å². The Bertz CT molecular complexity index is 698. The minimum Gasteiger partial charge on any atom is -0.508 e. The molecule has 0 spiro atoms. The number of ether oxygens (including phenoxy) is 2. The highest BCUT2D eigenvalue weighted by Gasteiger charge is 2.10. The SMILES string of the molecule is COc1cc(O)ccc1/C=N/NC(=O)c1ccccc1OC. The monoisotopic (exact) mass is 300 g/mol. The fourth-order valence-corrected chi connectivity index (χ4v) is 1.86. The summed E-state index contributed by atoms with van der Waals surface area (Å²) in [7, 11) is 2.98. The van der Waals surface area contributed by atoms with Crippen molar-refractivity contribution in [2.75, 3.05) is 14.2 Å². The van der Waals surface area contributed by atoms with Crippen molar-refractivity contribution in [1.29, 1.82) is 0 Å². The molecule has 0 heterocycles. The summed E-state index contributed by atoms with van der Waals surface area (Å²) in [6.07, 6.45) is 1.44. The summed E-state index contributed by atoms with van der Waals surface area (Å²) in [5.74, 6) is 0.631. The first kappa shape index (κ1) is 15.4. The van der Waals surface area contributed by atoms with Crippen molar-refractivity contribution in [2.45, 2.75) is 0 Å². The molecule has 0 radical (unpaired) electrons. The van der Waals surface area contributed by atoms with Gasteiger partial charge in [0.25, 0.3) is 5.91 Å². The van der Waals surface area contributed by atoms with E-state index in [9.17, 15) is 9.90 Å². The van der Waals surface area contributed by atoms with Gasteiger partial charge in [-0.1, -0.05) is 12.1 Å². The standard InChI is InChI=1S/C16H16N2O4/c1-21-14-6-4-3-5-13(14)16(20)18-17-10-11-7-8-12(19)9-15(11)22-2/h3-10,19H,1-2H3,(H,18,20)/b17-10+. The zero-order valence-corrected chi connectivity index (χ0v) is 12.2. The zero-order chi connectivity index (χ0) is 15.9. The van der Waals surface area contributed by atoms with Gasteiger partial charge in [-0.15, -0.1) is 0 Å². The Morgan fingerprint density at radius 1 is 1.14 bits per heavy atom. The minimum absolute atomic E-state index is 0.0899. The Kier molecular flexibility index (Phi) is 4.98. The zero-order valence-electron chi connectivity index (χ0n) is 12.2. The maximum Gasteiger partial charge on any atom is 0.275 e. The molecular formula is C16H16N2O4. The van der Waals surface area contributed by atoms with Crippen LogP contribution in [0.25, 0.3) is 0 Å². The van der Waals surface area contributed by atoms with Crippen LogP contribution in [0, 0.1) is 0 Å². The van der Waals surface area contributed by atoms with Gasteiger partial charge in [-0.3, -0.25) is 4.79 Å². The van der Waals surface area contributed by atoms with Crippen molar-refractivity contribution in [3.05, 3.63) is 53.6 Å². The third-order valence-electron chi connectivity index (χ3n) is 2.94. The molecule has 22 heavy (non-hydrogen) atoms. The fourth-order valence-electron chi connectivity index (χ4n) is 1.86.